The second-order valence-electron chi connectivity index (χ2n) is 4.55. The standard InChI is InChI=1S/C13H22N2O6/c16-10(14-8-2-6-12(18)19)4-1-5-11(17)15-9-3-7-13(20)21/h1-9H2,(H,14,16)(H,15,17)(H,18,19)(H,20,21). The lowest BCUT2D eigenvalue weighted by Gasteiger charge is -2.05. The van der Waals surface area contributed by atoms with Gasteiger partial charge in [-0.15, -0.1) is 0 Å². The maximum absolute atomic E-state index is 11.3. The molecule has 0 aromatic rings. The van der Waals surface area contributed by atoms with Gasteiger partial charge in [0.25, 0.3) is 0 Å². The van der Waals surface area contributed by atoms with Crippen LogP contribution in [0.25, 0.3) is 0 Å². The lowest BCUT2D eigenvalue weighted by Crippen LogP contribution is -2.27. The van der Waals surface area contributed by atoms with Gasteiger partial charge in [0, 0.05) is 38.8 Å². The Morgan fingerprint density at radius 1 is 0.619 bits per heavy atom. The molecule has 0 radical (unpaired) electrons. The van der Waals surface area contributed by atoms with Crippen molar-refractivity contribution in [1.82, 2.24) is 10.6 Å². The Morgan fingerprint density at radius 2 is 1.00 bits per heavy atom. The number of aliphatic carboxylic acids is 2. The van der Waals surface area contributed by atoms with Crippen molar-refractivity contribution in [2.75, 3.05) is 13.1 Å². The number of nitrogens with one attached hydrogen (secondary N) is 2. The van der Waals surface area contributed by atoms with E-state index in [0.29, 0.717) is 32.4 Å². The highest BCUT2D eigenvalue weighted by Crippen LogP contribution is 1.96. The zero-order valence-electron chi connectivity index (χ0n) is 11.9. The summed E-state index contributed by atoms with van der Waals surface area (Å²) in [5.74, 6) is -2.22. The number of carboxylic acids is 2. The van der Waals surface area contributed by atoms with Gasteiger partial charge in [-0.25, -0.2) is 0 Å². The van der Waals surface area contributed by atoms with Crippen LogP contribution >= 0.6 is 0 Å². The molecule has 0 heterocycles. The number of carbonyl (C=O) groups excluding carboxylic acids is 2. The highest BCUT2D eigenvalue weighted by Gasteiger charge is 2.05. The zero-order chi connectivity index (χ0) is 16.1. The maximum Gasteiger partial charge on any atom is 0.303 e. The first-order valence-electron chi connectivity index (χ1n) is 6.89. The molecule has 0 atom stereocenters. The third-order valence-electron chi connectivity index (χ3n) is 2.59. The smallest absolute Gasteiger partial charge is 0.303 e. The van der Waals surface area contributed by atoms with Crippen molar-refractivity contribution in [1.29, 1.82) is 0 Å². The van der Waals surface area contributed by atoms with E-state index in [-0.39, 0.29) is 37.5 Å². The predicted octanol–water partition coefficient (Wildman–Crippen LogP) is 0.119. The molecule has 0 unspecified atom stereocenters. The normalized spacial score (nSPS) is 9.90. The molecule has 0 aliphatic rings. The van der Waals surface area contributed by atoms with Crippen LogP contribution in [0.1, 0.15) is 44.9 Å². The SMILES string of the molecule is O=C(O)CCCNC(=O)CCCC(=O)NCCCC(=O)O. The van der Waals surface area contributed by atoms with Crippen molar-refractivity contribution < 1.29 is 29.4 Å². The van der Waals surface area contributed by atoms with Crippen LogP contribution in [-0.4, -0.2) is 47.1 Å². The summed E-state index contributed by atoms with van der Waals surface area (Å²) in [7, 11) is 0. The van der Waals surface area contributed by atoms with Crippen molar-refractivity contribution in [2.45, 2.75) is 44.9 Å². The molecule has 0 saturated heterocycles. The molecule has 0 saturated carbocycles. The third kappa shape index (κ3) is 14.1. The van der Waals surface area contributed by atoms with E-state index in [1.807, 2.05) is 0 Å². The number of carbonyl (C=O) groups is 4. The summed E-state index contributed by atoms with van der Waals surface area (Å²) in [6.07, 6.45) is 1.59. The summed E-state index contributed by atoms with van der Waals surface area (Å²) < 4.78 is 0. The van der Waals surface area contributed by atoms with Gasteiger partial charge in [-0.2, -0.15) is 0 Å². The van der Waals surface area contributed by atoms with Crippen molar-refractivity contribution >= 4 is 23.8 Å². The Bertz CT molecular complexity index is 336. The number of rotatable bonds is 12. The van der Waals surface area contributed by atoms with Gasteiger partial charge in [-0.05, 0) is 19.3 Å². The van der Waals surface area contributed by atoms with Crippen LogP contribution < -0.4 is 10.6 Å². The average molecular weight is 302 g/mol. The molecule has 0 aromatic carbocycles. The van der Waals surface area contributed by atoms with Crippen LogP contribution in [0.2, 0.25) is 0 Å². The molecule has 0 rings (SSSR count). The van der Waals surface area contributed by atoms with E-state index < -0.39 is 11.9 Å². The van der Waals surface area contributed by atoms with E-state index in [0.717, 1.165) is 0 Å². The second-order valence-corrected chi connectivity index (χ2v) is 4.55. The molecule has 0 spiro atoms. The molecule has 8 heteroatoms. The first kappa shape index (κ1) is 18.9. The molecule has 0 aliphatic heterocycles. The van der Waals surface area contributed by atoms with Gasteiger partial charge in [0.1, 0.15) is 0 Å². The Morgan fingerprint density at radius 3 is 1.33 bits per heavy atom. The summed E-state index contributed by atoms with van der Waals surface area (Å²) in [6, 6.07) is 0. The van der Waals surface area contributed by atoms with Crippen LogP contribution in [0.5, 0.6) is 0 Å². The highest BCUT2D eigenvalue weighted by atomic mass is 16.4. The Kier molecular flexibility index (Phi) is 10.5. The molecule has 0 aliphatic carbocycles. The van der Waals surface area contributed by atoms with Gasteiger partial charge >= 0.3 is 11.9 Å². The molecular weight excluding hydrogens is 280 g/mol. The first-order chi connectivity index (χ1) is 9.91. The predicted molar refractivity (Wildman–Crippen MR) is 73.6 cm³/mol. The van der Waals surface area contributed by atoms with Crippen LogP contribution in [0.4, 0.5) is 0 Å². The van der Waals surface area contributed by atoms with E-state index in [2.05, 4.69) is 10.6 Å². The largest absolute Gasteiger partial charge is 0.481 e. The fourth-order valence-electron chi connectivity index (χ4n) is 1.52. The number of hydrogen-bond acceptors (Lipinski definition) is 4. The topological polar surface area (TPSA) is 133 Å². The molecule has 21 heavy (non-hydrogen) atoms. The van der Waals surface area contributed by atoms with Gasteiger partial charge in [-0.3, -0.25) is 19.2 Å². The Balaban J connectivity index is 3.46. The van der Waals surface area contributed by atoms with E-state index in [9.17, 15) is 19.2 Å². The minimum atomic E-state index is -0.899. The summed E-state index contributed by atoms with van der Waals surface area (Å²) in [5.41, 5.74) is 0. The molecule has 0 bridgehead atoms. The summed E-state index contributed by atoms with van der Waals surface area (Å²) >= 11 is 0. The van der Waals surface area contributed by atoms with Crippen molar-refractivity contribution in [3.63, 3.8) is 0 Å². The molecular formula is C13H22N2O6. The summed E-state index contributed by atoms with van der Waals surface area (Å²) in [6.45, 7) is 0.624. The maximum atomic E-state index is 11.3. The van der Waals surface area contributed by atoms with Crippen molar-refractivity contribution in [2.24, 2.45) is 0 Å². The minimum absolute atomic E-state index is 0.0129. The number of carboxylic acid groups (broad SMARTS) is 2. The fourth-order valence-corrected chi connectivity index (χ4v) is 1.52. The summed E-state index contributed by atoms with van der Waals surface area (Å²) in [4.78, 5) is 43.2. The fraction of sp³-hybridized carbons (Fsp3) is 0.692. The quantitative estimate of drug-likeness (QED) is 0.378. The third-order valence-corrected chi connectivity index (χ3v) is 2.59. The Hall–Kier alpha value is -2.12. The van der Waals surface area contributed by atoms with Crippen LogP contribution in [0, 0.1) is 0 Å². The zero-order valence-corrected chi connectivity index (χ0v) is 11.9. The second kappa shape index (κ2) is 11.7. The van der Waals surface area contributed by atoms with Gasteiger partial charge < -0.3 is 20.8 Å². The number of amides is 2. The molecule has 4 N–H and O–H groups in total. The average Bonchev–Trinajstić information content (AvgIpc) is 2.39. The first-order valence-corrected chi connectivity index (χ1v) is 6.89. The highest BCUT2D eigenvalue weighted by molar-refractivity contribution is 5.78. The van der Waals surface area contributed by atoms with Gasteiger partial charge in [0.05, 0.1) is 0 Å². The van der Waals surface area contributed by atoms with Gasteiger partial charge in [0.15, 0.2) is 0 Å². The van der Waals surface area contributed by atoms with Gasteiger partial charge in [0.2, 0.25) is 11.8 Å². The van der Waals surface area contributed by atoms with Crippen LogP contribution in [0.15, 0.2) is 0 Å². The van der Waals surface area contributed by atoms with Gasteiger partial charge in [-0.1, -0.05) is 0 Å². The number of hydrogen-bond donors (Lipinski definition) is 4. The van der Waals surface area contributed by atoms with E-state index in [1.54, 1.807) is 0 Å². The lowest BCUT2D eigenvalue weighted by atomic mass is 10.2. The molecule has 8 nitrogen and oxygen atoms in total. The van der Waals surface area contributed by atoms with Crippen molar-refractivity contribution in [3.8, 4) is 0 Å². The van der Waals surface area contributed by atoms with Crippen LogP contribution in [-0.2, 0) is 19.2 Å². The van der Waals surface area contributed by atoms with E-state index in [1.165, 1.54) is 0 Å². The molecule has 0 fully saturated rings. The van der Waals surface area contributed by atoms with E-state index in [4.69, 9.17) is 10.2 Å². The van der Waals surface area contributed by atoms with Crippen LogP contribution in [0.3, 0.4) is 0 Å². The molecule has 120 valence electrons. The monoisotopic (exact) mass is 302 g/mol. The van der Waals surface area contributed by atoms with E-state index >= 15 is 0 Å². The van der Waals surface area contributed by atoms with Crippen molar-refractivity contribution in [3.05, 3.63) is 0 Å². The Labute approximate surface area is 122 Å². The minimum Gasteiger partial charge on any atom is -0.481 e. The summed E-state index contributed by atoms with van der Waals surface area (Å²) in [5, 5.41) is 22.0. The molecule has 2 amide bonds. The molecule has 0 aromatic heterocycles. The lowest BCUT2D eigenvalue weighted by molar-refractivity contribution is -0.138.